The van der Waals surface area contributed by atoms with E-state index in [1.54, 1.807) is 23.9 Å². The maximum Gasteiger partial charge on any atom is 0.248 e. The number of primary amides is 1. The van der Waals surface area contributed by atoms with E-state index in [1.807, 2.05) is 71.4 Å². The lowest BCUT2D eigenvalue weighted by Gasteiger charge is -2.30. The maximum atomic E-state index is 13.2. The monoisotopic (exact) mass is 560 g/mol. The molecule has 7 nitrogen and oxygen atoms in total. The van der Waals surface area contributed by atoms with Crippen LogP contribution in [0.1, 0.15) is 34.3 Å². The molecule has 0 fully saturated rings. The van der Waals surface area contributed by atoms with Crippen molar-refractivity contribution >= 4 is 40.9 Å². The Morgan fingerprint density at radius 3 is 2.79 bits per heavy atom. The van der Waals surface area contributed by atoms with Crippen LogP contribution >= 0.6 is 23.4 Å². The number of benzene rings is 3. The van der Waals surface area contributed by atoms with E-state index in [-0.39, 0.29) is 5.91 Å². The Morgan fingerprint density at radius 2 is 1.95 bits per heavy atom. The topological polar surface area (TPSA) is 90.4 Å². The second-order valence-corrected chi connectivity index (χ2v) is 10.9. The van der Waals surface area contributed by atoms with Gasteiger partial charge in [0, 0.05) is 57.1 Å². The minimum atomic E-state index is -0.450. The van der Waals surface area contributed by atoms with Gasteiger partial charge in [0.05, 0.1) is 25.0 Å². The van der Waals surface area contributed by atoms with Crippen molar-refractivity contribution in [3.8, 4) is 16.9 Å². The zero-order chi connectivity index (χ0) is 27.4. The average molecular weight is 561 g/mol. The maximum absolute atomic E-state index is 13.2. The van der Waals surface area contributed by atoms with Crippen LogP contribution < -0.4 is 15.4 Å². The van der Waals surface area contributed by atoms with Gasteiger partial charge in [-0.05, 0) is 49.2 Å². The quantitative estimate of drug-likeness (QED) is 0.255. The summed E-state index contributed by atoms with van der Waals surface area (Å²) in [6, 6.07) is 18.9. The Labute approximate surface area is 236 Å². The molecule has 0 aliphatic carbocycles. The van der Waals surface area contributed by atoms with Gasteiger partial charge in [0.15, 0.2) is 0 Å². The molecule has 2 heterocycles. The first kappa shape index (κ1) is 26.8. The first-order valence-corrected chi connectivity index (χ1v) is 14.1. The predicted octanol–water partition coefficient (Wildman–Crippen LogP) is 5.96. The first-order chi connectivity index (χ1) is 18.9. The SMILES string of the molecule is Cc1c(Cl)cccc1OCCCC(=O)N1CCSc2c(-c3cnn(Cc4cccc(C(N)=O)c4)c3)cccc21. The van der Waals surface area contributed by atoms with Gasteiger partial charge in [0.1, 0.15) is 5.75 Å². The average Bonchev–Trinajstić information content (AvgIpc) is 3.40. The standard InChI is InChI=1S/C30H29ClN4O3S/c1-20-25(31)9-4-11-27(20)38-14-5-12-28(36)35-13-15-39-29-24(8-3-10-26(29)35)23-17-33-34(19-23)18-21-6-2-7-22(16-21)30(32)37/h2-4,6-11,16-17,19H,5,12-15,18H2,1H3,(H2,32,37). The lowest BCUT2D eigenvalue weighted by Crippen LogP contribution is -2.35. The van der Waals surface area contributed by atoms with E-state index >= 15 is 0 Å². The first-order valence-electron chi connectivity index (χ1n) is 12.8. The summed E-state index contributed by atoms with van der Waals surface area (Å²) in [5, 5.41) is 5.21. The summed E-state index contributed by atoms with van der Waals surface area (Å²) in [5.74, 6) is 1.21. The number of fused-ring (bicyclic) bond motifs is 1. The Bertz CT molecular complexity index is 1520. The number of hydrogen-bond acceptors (Lipinski definition) is 5. The van der Waals surface area contributed by atoms with E-state index in [4.69, 9.17) is 22.1 Å². The van der Waals surface area contributed by atoms with Crippen LogP contribution in [0, 0.1) is 6.92 Å². The minimum absolute atomic E-state index is 0.0881. The highest BCUT2D eigenvalue weighted by molar-refractivity contribution is 7.99. The molecular weight excluding hydrogens is 532 g/mol. The summed E-state index contributed by atoms with van der Waals surface area (Å²) in [7, 11) is 0. The third-order valence-electron chi connectivity index (χ3n) is 6.66. The van der Waals surface area contributed by atoms with Crippen molar-refractivity contribution in [2.45, 2.75) is 31.2 Å². The van der Waals surface area contributed by atoms with Crippen LogP contribution in [0.2, 0.25) is 5.02 Å². The Balaban J connectivity index is 1.26. The van der Waals surface area contributed by atoms with Gasteiger partial charge >= 0.3 is 0 Å². The zero-order valence-electron chi connectivity index (χ0n) is 21.6. The number of halogens is 1. The summed E-state index contributed by atoms with van der Waals surface area (Å²) in [6.45, 7) is 3.56. The molecule has 3 aromatic carbocycles. The molecule has 9 heteroatoms. The van der Waals surface area contributed by atoms with Crippen LogP contribution in [-0.4, -0.2) is 40.5 Å². The normalized spacial score (nSPS) is 12.7. The molecule has 0 saturated carbocycles. The van der Waals surface area contributed by atoms with E-state index in [9.17, 15) is 9.59 Å². The molecule has 2 amide bonds. The van der Waals surface area contributed by atoms with Crippen molar-refractivity contribution in [1.82, 2.24) is 9.78 Å². The van der Waals surface area contributed by atoms with Crippen LogP contribution in [0.25, 0.3) is 11.1 Å². The molecule has 0 spiro atoms. The lowest BCUT2D eigenvalue weighted by molar-refractivity contribution is -0.118. The third-order valence-corrected chi connectivity index (χ3v) is 8.17. The molecule has 2 N–H and O–H groups in total. The van der Waals surface area contributed by atoms with Crippen molar-refractivity contribution in [3.05, 3.63) is 94.8 Å². The molecule has 1 aliphatic rings. The fourth-order valence-corrected chi connectivity index (χ4v) is 5.93. The lowest BCUT2D eigenvalue weighted by atomic mass is 10.1. The van der Waals surface area contributed by atoms with Gasteiger partial charge in [0.2, 0.25) is 11.8 Å². The molecule has 0 radical (unpaired) electrons. The van der Waals surface area contributed by atoms with Crippen molar-refractivity contribution in [2.24, 2.45) is 5.73 Å². The molecule has 1 aliphatic heterocycles. The summed E-state index contributed by atoms with van der Waals surface area (Å²) in [4.78, 5) is 27.7. The number of aromatic nitrogens is 2. The van der Waals surface area contributed by atoms with Crippen molar-refractivity contribution < 1.29 is 14.3 Å². The second kappa shape index (κ2) is 12.0. The second-order valence-electron chi connectivity index (χ2n) is 9.35. The summed E-state index contributed by atoms with van der Waals surface area (Å²) >= 11 is 7.93. The van der Waals surface area contributed by atoms with E-state index in [1.165, 1.54) is 0 Å². The number of carbonyl (C=O) groups is 2. The number of nitrogens with two attached hydrogens (primary N) is 1. The number of ether oxygens (including phenoxy) is 1. The zero-order valence-corrected chi connectivity index (χ0v) is 23.2. The molecule has 5 rings (SSSR count). The van der Waals surface area contributed by atoms with Crippen LogP contribution in [-0.2, 0) is 11.3 Å². The number of nitrogens with zero attached hydrogens (tertiary/aromatic N) is 3. The smallest absolute Gasteiger partial charge is 0.248 e. The van der Waals surface area contributed by atoms with E-state index in [0.717, 1.165) is 44.3 Å². The van der Waals surface area contributed by atoms with Gasteiger partial charge < -0.3 is 15.4 Å². The van der Waals surface area contributed by atoms with Gasteiger partial charge in [-0.25, -0.2) is 0 Å². The molecule has 200 valence electrons. The largest absolute Gasteiger partial charge is 0.493 e. The molecule has 0 unspecified atom stereocenters. The number of hydrogen-bond donors (Lipinski definition) is 1. The molecule has 4 aromatic rings. The van der Waals surface area contributed by atoms with Crippen molar-refractivity contribution in [3.63, 3.8) is 0 Å². The highest BCUT2D eigenvalue weighted by Crippen LogP contribution is 2.42. The summed E-state index contributed by atoms with van der Waals surface area (Å²) in [6.07, 6.45) is 4.84. The number of carbonyl (C=O) groups excluding carboxylic acids is 2. The van der Waals surface area contributed by atoms with Crippen LogP contribution in [0.15, 0.2) is 78.0 Å². The molecule has 1 aromatic heterocycles. The number of rotatable bonds is 9. The molecule has 0 atom stereocenters. The van der Waals surface area contributed by atoms with Crippen LogP contribution in [0.5, 0.6) is 5.75 Å². The Morgan fingerprint density at radius 1 is 1.13 bits per heavy atom. The fraction of sp³-hybridized carbons (Fsp3) is 0.233. The summed E-state index contributed by atoms with van der Waals surface area (Å²) in [5.41, 5.74) is 10.7. The van der Waals surface area contributed by atoms with Gasteiger partial charge in [-0.2, -0.15) is 5.10 Å². The fourth-order valence-electron chi connectivity index (χ4n) is 4.62. The number of thioether (sulfide) groups is 1. The van der Waals surface area contributed by atoms with Gasteiger partial charge in [0.25, 0.3) is 0 Å². The Hall–Kier alpha value is -3.75. The number of anilines is 1. The van der Waals surface area contributed by atoms with Crippen LogP contribution in [0.3, 0.4) is 0 Å². The van der Waals surface area contributed by atoms with Crippen LogP contribution in [0.4, 0.5) is 5.69 Å². The molecule has 0 bridgehead atoms. The molecular formula is C30H29ClN4O3S. The number of amides is 2. The highest BCUT2D eigenvalue weighted by atomic mass is 35.5. The van der Waals surface area contributed by atoms with E-state index in [2.05, 4.69) is 11.2 Å². The van der Waals surface area contributed by atoms with Gasteiger partial charge in [-0.15, -0.1) is 11.8 Å². The Kier molecular flexibility index (Phi) is 8.24. The molecule has 0 saturated heterocycles. The highest BCUT2D eigenvalue weighted by Gasteiger charge is 2.25. The summed E-state index contributed by atoms with van der Waals surface area (Å²) < 4.78 is 7.71. The minimum Gasteiger partial charge on any atom is -0.493 e. The third kappa shape index (κ3) is 6.13. The van der Waals surface area contributed by atoms with Crippen molar-refractivity contribution in [2.75, 3.05) is 23.8 Å². The molecule has 39 heavy (non-hydrogen) atoms. The van der Waals surface area contributed by atoms with E-state index < -0.39 is 5.91 Å². The van der Waals surface area contributed by atoms with Gasteiger partial charge in [-0.3, -0.25) is 14.3 Å². The van der Waals surface area contributed by atoms with E-state index in [0.29, 0.717) is 43.1 Å². The van der Waals surface area contributed by atoms with Crippen molar-refractivity contribution in [1.29, 1.82) is 0 Å². The predicted molar refractivity (Wildman–Crippen MR) is 156 cm³/mol. The van der Waals surface area contributed by atoms with Gasteiger partial charge in [-0.1, -0.05) is 41.9 Å².